The fourth-order valence-corrected chi connectivity index (χ4v) is 1.09. The average Bonchev–Trinajstić information content (AvgIpc) is 2.53. The van der Waals surface area contributed by atoms with Crippen LogP contribution in [0, 0.1) is 13.0 Å². The molecule has 2 rings (SSSR count). The number of hydrogen-bond donors (Lipinski definition) is 0. The topological polar surface area (TPSA) is 26.0 Å². The number of aryl methyl sites for hydroxylation is 1. The predicted octanol–water partition coefficient (Wildman–Crippen LogP) is 2.45. The van der Waals surface area contributed by atoms with Gasteiger partial charge in [0, 0.05) is 11.1 Å². The number of hydrogen-bond acceptors (Lipinski definition) is 2. The van der Waals surface area contributed by atoms with Crippen molar-refractivity contribution in [2.75, 3.05) is 0 Å². The molecule has 0 amide bonds. The van der Waals surface area contributed by atoms with E-state index in [9.17, 15) is 0 Å². The minimum atomic E-state index is 0.871. The van der Waals surface area contributed by atoms with Crippen molar-refractivity contribution in [1.82, 2.24) is 5.16 Å². The molecule has 0 aliphatic carbocycles. The maximum absolute atomic E-state index is 4.83. The van der Waals surface area contributed by atoms with Gasteiger partial charge in [-0.1, -0.05) is 29.4 Å². The predicted molar refractivity (Wildman–Crippen MR) is 45.5 cm³/mol. The van der Waals surface area contributed by atoms with E-state index >= 15 is 0 Å². The summed E-state index contributed by atoms with van der Waals surface area (Å²) < 4.78 is 4.83. The minimum absolute atomic E-state index is 0.871. The highest BCUT2D eigenvalue weighted by Crippen LogP contribution is 2.19. The van der Waals surface area contributed by atoms with Crippen LogP contribution in [0.3, 0.4) is 0 Å². The molecule has 1 radical (unpaired) electrons. The molecule has 0 spiro atoms. The van der Waals surface area contributed by atoms with Gasteiger partial charge in [-0.2, -0.15) is 0 Å². The van der Waals surface area contributed by atoms with Gasteiger partial charge in [0.1, 0.15) is 12.0 Å². The molecule has 2 aromatic rings. The number of rotatable bonds is 1. The van der Waals surface area contributed by atoms with E-state index < -0.39 is 0 Å². The molecular weight excluding hydrogens is 150 g/mol. The van der Waals surface area contributed by atoms with Crippen molar-refractivity contribution >= 4 is 0 Å². The third kappa shape index (κ3) is 1.11. The fourth-order valence-electron chi connectivity index (χ4n) is 1.09. The lowest BCUT2D eigenvalue weighted by molar-refractivity contribution is 0.421. The maximum Gasteiger partial charge on any atom is 0.127 e. The Kier molecular flexibility index (Phi) is 1.67. The smallest absolute Gasteiger partial charge is 0.127 e. The van der Waals surface area contributed by atoms with Crippen molar-refractivity contribution in [2.45, 2.75) is 6.92 Å². The molecule has 59 valence electrons. The molecule has 1 heterocycles. The Hall–Kier alpha value is -1.57. The van der Waals surface area contributed by atoms with Crippen LogP contribution in [0.4, 0.5) is 0 Å². The zero-order valence-electron chi connectivity index (χ0n) is 6.74. The van der Waals surface area contributed by atoms with E-state index in [4.69, 9.17) is 4.52 Å². The lowest BCUT2D eigenvalue weighted by atomic mass is 10.1. The summed E-state index contributed by atoms with van der Waals surface area (Å²) in [5.74, 6) is 0. The van der Waals surface area contributed by atoms with E-state index in [0.717, 1.165) is 16.8 Å². The van der Waals surface area contributed by atoms with E-state index in [1.807, 2.05) is 31.2 Å². The van der Waals surface area contributed by atoms with E-state index in [2.05, 4.69) is 11.2 Å². The Morgan fingerprint density at radius 1 is 1.42 bits per heavy atom. The van der Waals surface area contributed by atoms with Gasteiger partial charge in [0.2, 0.25) is 0 Å². The molecule has 1 aromatic carbocycles. The summed E-state index contributed by atoms with van der Waals surface area (Å²) in [5, 5.41) is 3.88. The molecule has 0 unspecified atom stereocenters. The molecule has 0 bridgehead atoms. The van der Waals surface area contributed by atoms with Gasteiger partial charge in [0.05, 0.1) is 0 Å². The van der Waals surface area contributed by atoms with E-state index in [1.165, 1.54) is 0 Å². The van der Waals surface area contributed by atoms with Crippen molar-refractivity contribution in [1.29, 1.82) is 0 Å². The van der Waals surface area contributed by atoms with E-state index in [-0.39, 0.29) is 0 Å². The highest BCUT2D eigenvalue weighted by atomic mass is 16.5. The van der Waals surface area contributed by atoms with Crippen LogP contribution in [0.5, 0.6) is 0 Å². The zero-order chi connectivity index (χ0) is 8.39. The second-order valence-corrected chi connectivity index (χ2v) is 2.62. The summed E-state index contributed by atoms with van der Waals surface area (Å²) in [7, 11) is 0. The molecule has 1 aromatic heterocycles. The van der Waals surface area contributed by atoms with Gasteiger partial charge >= 0.3 is 0 Å². The lowest BCUT2D eigenvalue weighted by Gasteiger charge is -1.93. The quantitative estimate of drug-likeness (QED) is 0.637. The summed E-state index contributed by atoms with van der Waals surface area (Å²) in [6.45, 7) is 1.96. The monoisotopic (exact) mass is 158 g/mol. The van der Waals surface area contributed by atoms with Crippen LogP contribution in [0.25, 0.3) is 11.3 Å². The Morgan fingerprint density at radius 2 is 2.33 bits per heavy atom. The van der Waals surface area contributed by atoms with Crippen molar-refractivity contribution in [3.05, 3.63) is 42.2 Å². The van der Waals surface area contributed by atoms with Crippen LogP contribution < -0.4 is 0 Å². The van der Waals surface area contributed by atoms with E-state index in [0.29, 0.717) is 0 Å². The van der Waals surface area contributed by atoms with Crippen molar-refractivity contribution < 1.29 is 4.52 Å². The van der Waals surface area contributed by atoms with Crippen molar-refractivity contribution in [3.8, 4) is 11.3 Å². The van der Waals surface area contributed by atoms with Gasteiger partial charge in [0.15, 0.2) is 0 Å². The fraction of sp³-hybridized carbons (Fsp3) is 0.100. The summed E-state index contributed by atoms with van der Waals surface area (Å²) in [6, 6.07) is 10.8. The SMILES string of the molecule is Cc1conc1-c1[c]cccc1. The average molecular weight is 158 g/mol. The van der Waals surface area contributed by atoms with Crippen LogP contribution in [0.1, 0.15) is 5.56 Å². The molecule has 2 nitrogen and oxygen atoms in total. The molecular formula is C10H8NO. The second kappa shape index (κ2) is 2.81. The second-order valence-electron chi connectivity index (χ2n) is 2.62. The van der Waals surface area contributed by atoms with Crippen LogP contribution in [-0.2, 0) is 0 Å². The third-order valence-corrected chi connectivity index (χ3v) is 1.71. The number of aromatic nitrogens is 1. The van der Waals surface area contributed by atoms with Crippen LogP contribution in [-0.4, -0.2) is 5.16 Å². The molecule has 0 N–H and O–H groups in total. The van der Waals surface area contributed by atoms with Gasteiger partial charge in [0.25, 0.3) is 0 Å². The van der Waals surface area contributed by atoms with Crippen LogP contribution >= 0.6 is 0 Å². The summed E-state index contributed by atoms with van der Waals surface area (Å²) in [6.07, 6.45) is 1.64. The summed E-state index contributed by atoms with van der Waals surface area (Å²) in [4.78, 5) is 0. The highest BCUT2D eigenvalue weighted by Gasteiger charge is 2.04. The van der Waals surface area contributed by atoms with Crippen molar-refractivity contribution in [3.63, 3.8) is 0 Å². The molecule has 0 atom stereocenters. The maximum atomic E-state index is 4.83. The first-order chi connectivity index (χ1) is 5.88. The Morgan fingerprint density at radius 3 is 2.92 bits per heavy atom. The number of nitrogens with zero attached hydrogens (tertiary/aromatic N) is 1. The summed E-state index contributed by atoms with van der Waals surface area (Å²) >= 11 is 0. The zero-order valence-corrected chi connectivity index (χ0v) is 6.74. The van der Waals surface area contributed by atoms with Gasteiger partial charge < -0.3 is 4.52 Å². The Labute approximate surface area is 70.8 Å². The van der Waals surface area contributed by atoms with E-state index in [1.54, 1.807) is 6.26 Å². The first-order valence-corrected chi connectivity index (χ1v) is 3.76. The van der Waals surface area contributed by atoms with Gasteiger partial charge in [-0.25, -0.2) is 0 Å². The third-order valence-electron chi connectivity index (χ3n) is 1.71. The molecule has 2 heteroatoms. The van der Waals surface area contributed by atoms with Gasteiger partial charge in [-0.3, -0.25) is 0 Å². The first-order valence-electron chi connectivity index (χ1n) is 3.76. The van der Waals surface area contributed by atoms with Crippen LogP contribution in [0.2, 0.25) is 0 Å². The number of benzene rings is 1. The Balaban J connectivity index is 2.51. The van der Waals surface area contributed by atoms with Crippen LogP contribution in [0.15, 0.2) is 35.1 Å². The van der Waals surface area contributed by atoms with Crippen molar-refractivity contribution in [2.24, 2.45) is 0 Å². The van der Waals surface area contributed by atoms with Gasteiger partial charge in [-0.15, -0.1) is 0 Å². The lowest BCUT2D eigenvalue weighted by Crippen LogP contribution is -1.78. The first kappa shape index (κ1) is 7.10. The standard InChI is InChI=1S/C10H8NO/c1-8-7-12-11-10(8)9-5-3-2-4-6-9/h2-5,7H,1H3. The minimum Gasteiger partial charge on any atom is -0.364 e. The Bertz CT molecular complexity index is 364. The molecule has 0 saturated heterocycles. The summed E-state index contributed by atoms with van der Waals surface area (Å²) in [5.41, 5.74) is 2.89. The normalized spacial score (nSPS) is 10.1. The molecule has 0 saturated carbocycles. The largest absolute Gasteiger partial charge is 0.364 e. The molecule has 0 fully saturated rings. The molecule has 0 aliphatic heterocycles. The molecule has 12 heavy (non-hydrogen) atoms. The van der Waals surface area contributed by atoms with Gasteiger partial charge in [-0.05, 0) is 13.0 Å². The highest BCUT2D eigenvalue weighted by molar-refractivity contribution is 5.60. The molecule has 0 aliphatic rings.